The molecule has 0 aromatic heterocycles. The van der Waals surface area contributed by atoms with Gasteiger partial charge < -0.3 is 15.5 Å². The van der Waals surface area contributed by atoms with Gasteiger partial charge >= 0.3 is 0 Å². The van der Waals surface area contributed by atoms with Crippen molar-refractivity contribution in [3.63, 3.8) is 0 Å². The van der Waals surface area contributed by atoms with Crippen LogP contribution in [-0.2, 0) is 17.8 Å². The first-order chi connectivity index (χ1) is 16.2. The molecule has 1 aliphatic rings. The second kappa shape index (κ2) is 11.3. The number of aryl methyl sites for hydroxylation is 1. The van der Waals surface area contributed by atoms with E-state index >= 15 is 0 Å². The Morgan fingerprint density at radius 3 is 2.15 bits per heavy atom. The van der Waals surface area contributed by atoms with E-state index in [1.807, 2.05) is 78.9 Å². The van der Waals surface area contributed by atoms with Gasteiger partial charge in [-0.15, -0.1) is 0 Å². The van der Waals surface area contributed by atoms with Crippen molar-refractivity contribution in [2.75, 3.05) is 23.3 Å². The monoisotopic (exact) mass is 441 g/mol. The van der Waals surface area contributed by atoms with E-state index in [1.165, 1.54) is 6.42 Å². The van der Waals surface area contributed by atoms with Crippen molar-refractivity contribution < 1.29 is 9.59 Å². The summed E-state index contributed by atoms with van der Waals surface area (Å²) in [7, 11) is 0. The third-order valence-corrected chi connectivity index (χ3v) is 6.00. The van der Waals surface area contributed by atoms with Gasteiger partial charge in [0.1, 0.15) is 0 Å². The highest BCUT2D eigenvalue weighted by Crippen LogP contribution is 2.27. The van der Waals surface area contributed by atoms with Gasteiger partial charge in [0.15, 0.2) is 0 Å². The predicted molar refractivity (Wildman–Crippen MR) is 134 cm³/mol. The van der Waals surface area contributed by atoms with Crippen LogP contribution in [0, 0.1) is 0 Å². The average molecular weight is 442 g/mol. The Morgan fingerprint density at radius 2 is 1.45 bits per heavy atom. The molecule has 2 amide bonds. The zero-order valence-electron chi connectivity index (χ0n) is 18.9. The molecule has 0 saturated carbocycles. The largest absolute Gasteiger partial charge is 0.371 e. The predicted octanol–water partition coefficient (Wildman–Crippen LogP) is 5.18. The number of benzene rings is 3. The standard InChI is InChI=1S/C28H31N3O2/c32-27(17-14-22-10-4-1-5-11-22)30-24-15-16-26(31-18-8-3-9-19-31)25(20-24)28(33)29-21-23-12-6-2-7-13-23/h1-2,4-7,10-13,15-16,20H,3,8-9,14,17-19,21H2,(H,29,33)(H,30,32). The van der Waals surface area contributed by atoms with E-state index in [-0.39, 0.29) is 11.8 Å². The van der Waals surface area contributed by atoms with Gasteiger partial charge in [-0.25, -0.2) is 0 Å². The molecule has 1 heterocycles. The van der Waals surface area contributed by atoms with Crippen molar-refractivity contribution >= 4 is 23.2 Å². The lowest BCUT2D eigenvalue weighted by atomic mass is 10.1. The molecule has 0 aliphatic carbocycles. The Balaban J connectivity index is 1.47. The van der Waals surface area contributed by atoms with Crippen LogP contribution in [0.2, 0.25) is 0 Å². The van der Waals surface area contributed by atoms with Gasteiger partial charge in [0.2, 0.25) is 5.91 Å². The van der Waals surface area contributed by atoms with Crippen LogP contribution in [0.25, 0.3) is 0 Å². The molecular formula is C28H31N3O2. The van der Waals surface area contributed by atoms with Gasteiger partial charge in [-0.3, -0.25) is 9.59 Å². The third kappa shape index (κ3) is 6.45. The lowest BCUT2D eigenvalue weighted by Crippen LogP contribution is -2.32. The summed E-state index contributed by atoms with van der Waals surface area (Å²) in [6.45, 7) is 2.36. The summed E-state index contributed by atoms with van der Waals surface area (Å²) < 4.78 is 0. The first-order valence-corrected chi connectivity index (χ1v) is 11.7. The molecule has 1 aliphatic heterocycles. The van der Waals surface area contributed by atoms with Crippen LogP contribution in [0.1, 0.15) is 47.2 Å². The van der Waals surface area contributed by atoms with Crippen molar-refractivity contribution in [1.82, 2.24) is 5.32 Å². The van der Waals surface area contributed by atoms with E-state index in [4.69, 9.17) is 0 Å². The number of amides is 2. The zero-order valence-corrected chi connectivity index (χ0v) is 18.9. The number of hydrogen-bond acceptors (Lipinski definition) is 3. The molecular weight excluding hydrogens is 410 g/mol. The second-order valence-corrected chi connectivity index (χ2v) is 8.48. The highest BCUT2D eigenvalue weighted by Gasteiger charge is 2.19. The van der Waals surface area contributed by atoms with Crippen molar-refractivity contribution in [2.45, 2.75) is 38.6 Å². The van der Waals surface area contributed by atoms with E-state index < -0.39 is 0 Å². The maximum atomic E-state index is 13.2. The lowest BCUT2D eigenvalue weighted by molar-refractivity contribution is -0.116. The molecule has 3 aromatic rings. The fourth-order valence-electron chi connectivity index (χ4n) is 4.21. The fraction of sp³-hybridized carbons (Fsp3) is 0.286. The number of nitrogens with one attached hydrogen (secondary N) is 2. The van der Waals surface area contributed by atoms with E-state index in [2.05, 4.69) is 15.5 Å². The summed E-state index contributed by atoms with van der Waals surface area (Å²) in [4.78, 5) is 28.0. The minimum atomic E-state index is -0.125. The molecule has 5 heteroatoms. The summed E-state index contributed by atoms with van der Waals surface area (Å²) in [5.74, 6) is -0.181. The Kier molecular flexibility index (Phi) is 7.75. The second-order valence-electron chi connectivity index (χ2n) is 8.48. The van der Waals surface area contributed by atoms with Gasteiger partial charge in [-0.1, -0.05) is 60.7 Å². The summed E-state index contributed by atoms with van der Waals surface area (Å²) in [5, 5.41) is 6.02. The molecule has 4 rings (SSSR count). The van der Waals surface area contributed by atoms with Gasteiger partial charge in [0.05, 0.1) is 5.56 Å². The Labute approximate surface area is 195 Å². The summed E-state index contributed by atoms with van der Waals surface area (Å²) >= 11 is 0. The van der Waals surface area contributed by atoms with E-state index in [0.29, 0.717) is 30.6 Å². The number of carbonyl (C=O) groups is 2. The molecule has 0 spiro atoms. The van der Waals surface area contributed by atoms with Crippen LogP contribution in [0.15, 0.2) is 78.9 Å². The third-order valence-electron chi connectivity index (χ3n) is 6.00. The van der Waals surface area contributed by atoms with E-state index in [9.17, 15) is 9.59 Å². The quantitative estimate of drug-likeness (QED) is 0.506. The van der Waals surface area contributed by atoms with Crippen LogP contribution in [-0.4, -0.2) is 24.9 Å². The molecule has 5 nitrogen and oxygen atoms in total. The molecule has 170 valence electrons. The van der Waals surface area contributed by atoms with Gasteiger partial charge in [0, 0.05) is 37.4 Å². The van der Waals surface area contributed by atoms with Crippen LogP contribution in [0.5, 0.6) is 0 Å². The number of hydrogen-bond donors (Lipinski definition) is 2. The molecule has 0 atom stereocenters. The molecule has 1 saturated heterocycles. The van der Waals surface area contributed by atoms with E-state index in [0.717, 1.165) is 42.7 Å². The maximum absolute atomic E-state index is 13.2. The topological polar surface area (TPSA) is 61.4 Å². The number of anilines is 2. The Morgan fingerprint density at radius 1 is 0.788 bits per heavy atom. The SMILES string of the molecule is O=C(CCc1ccccc1)Nc1ccc(N2CCCCC2)c(C(=O)NCc2ccccc2)c1. The van der Waals surface area contributed by atoms with Crippen LogP contribution < -0.4 is 15.5 Å². The van der Waals surface area contributed by atoms with Crippen LogP contribution in [0.4, 0.5) is 11.4 Å². The molecule has 0 radical (unpaired) electrons. The Hall–Kier alpha value is -3.60. The molecule has 0 unspecified atom stereocenters. The Bertz CT molecular complexity index is 1060. The highest BCUT2D eigenvalue weighted by atomic mass is 16.2. The molecule has 33 heavy (non-hydrogen) atoms. The number of carbonyl (C=O) groups excluding carboxylic acids is 2. The average Bonchev–Trinajstić information content (AvgIpc) is 2.88. The molecule has 1 fully saturated rings. The summed E-state index contributed by atoms with van der Waals surface area (Å²) in [6.07, 6.45) is 4.56. The number of piperidine rings is 1. The molecule has 3 aromatic carbocycles. The smallest absolute Gasteiger partial charge is 0.253 e. The van der Waals surface area contributed by atoms with Crippen LogP contribution in [0.3, 0.4) is 0 Å². The first-order valence-electron chi connectivity index (χ1n) is 11.7. The zero-order chi connectivity index (χ0) is 22.9. The minimum absolute atomic E-state index is 0.0554. The highest BCUT2D eigenvalue weighted by molar-refractivity contribution is 6.02. The molecule has 2 N–H and O–H groups in total. The van der Waals surface area contributed by atoms with Crippen molar-refractivity contribution in [3.8, 4) is 0 Å². The number of rotatable bonds is 8. The first kappa shape index (κ1) is 22.6. The summed E-state index contributed by atoms with van der Waals surface area (Å²) in [5.41, 5.74) is 4.37. The van der Waals surface area contributed by atoms with Crippen molar-refractivity contribution in [3.05, 3.63) is 95.6 Å². The van der Waals surface area contributed by atoms with Gasteiger partial charge in [-0.2, -0.15) is 0 Å². The lowest BCUT2D eigenvalue weighted by Gasteiger charge is -2.30. The van der Waals surface area contributed by atoms with Crippen molar-refractivity contribution in [1.29, 1.82) is 0 Å². The number of nitrogens with zero attached hydrogens (tertiary/aromatic N) is 1. The van der Waals surface area contributed by atoms with Crippen LogP contribution >= 0.6 is 0 Å². The molecule has 0 bridgehead atoms. The minimum Gasteiger partial charge on any atom is -0.371 e. The normalized spacial score (nSPS) is 13.4. The maximum Gasteiger partial charge on any atom is 0.253 e. The van der Waals surface area contributed by atoms with Gasteiger partial charge in [0.25, 0.3) is 5.91 Å². The van der Waals surface area contributed by atoms with Gasteiger partial charge in [-0.05, 0) is 55.0 Å². The van der Waals surface area contributed by atoms with Crippen molar-refractivity contribution in [2.24, 2.45) is 0 Å². The van der Waals surface area contributed by atoms with E-state index in [1.54, 1.807) is 0 Å². The summed E-state index contributed by atoms with van der Waals surface area (Å²) in [6, 6.07) is 25.5. The fourth-order valence-corrected chi connectivity index (χ4v) is 4.21.